The van der Waals surface area contributed by atoms with Crippen LogP contribution in [-0.4, -0.2) is 51.9 Å². The fourth-order valence-corrected chi connectivity index (χ4v) is 2.99. The summed E-state index contributed by atoms with van der Waals surface area (Å²) in [5.41, 5.74) is 1.07. The van der Waals surface area contributed by atoms with Crippen LogP contribution in [0.1, 0.15) is 30.8 Å². The summed E-state index contributed by atoms with van der Waals surface area (Å²) in [5, 5.41) is 0. The zero-order valence-corrected chi connectivity index (χ0v) is 12.9. The van der Waals surface area contributed by atoms with Gasteiger partial charge in [0.1, 0.15) is 5.82 Å². The van der Waals surface area contributed by atoms with E-state index in [1.165, 1.54) is 0 Å². The van der Waals surface area contributed by atoms with Crippen molar-refractivity contribution >= 4 is 5.91 Å². The Labute approximate surface area is 130 Å². The smallest absolute Gasteiger partial charge is 0.223 e. The average Bonchev–Trinajstić information content (AvgIpc) is 3.25. The van der Waals surface area contributed by atoms with E-state index in [0.29, 0.717) is 13.0 Å². The van der Waals surface area contributed by atoms with Crippen LogP contribution >= 0.6 is 0 Å². The monoisotopic (exact) mass is 302 g/mol. The van der Waals surface area contributed by atoms with Gasteiger partial charge in [0.05, 0.1) is 18.6 Å². The number of carbonyl (C=O) groups is 1. The van der Waals surface area contributed by atoms with Crippen LogP contribution in [0, 0.1) is 0 Å². The standard InChI is InChI=1S/C16H22N4O2/c1-2-19-8-9-20(11-14(19)16-17-6-7-18-16)15(21)4-3-13-5-10-22-12-13/h5-7,10,12,14H,2-4,8-9,11H2,1H3,(H,17,18). The van der Waals surface area contributed by atoms with Gasteiger partial charge in [-0.25, -0.2) is 4.98 Å². The number of H-pyrrole nitrogens is 1. The van der Waals surface area contributed by atoms with Gasteiger partial charge in [0.25, 0.3) is 0 Å². The Morgan fingerprint density at radius 3 is 3.09 bits per heavy atom. The molecule has 22 heavy (non-hydrogen) atoms. The van der Waals surface area contributed by atoms with Crippen molar-refractivity contribution in [1.82, 2.24) is 19.8 Å². The van der Waals surface area contributed by atoms with Crippen LogP contribution in [-0.2, 0) is 11.2 Å². The summed E-state index contributed by atoms with van der Waals surface area (Å²) in [4.78, 5) is 24.3. The Bertz CT molecular complexity index is 579. The molecule has 6 nitrogen and oxygen atoms in total. The minimum atomic E-state index is 0.159. The molecule has 2 aromatic rings. The number of nitrogens with one attached hydrogen (secondary N) is 1. The van der Waals surface area contributed by atoms with Gasteiger partial charge in [0.2, 0.25) is 5.91 Å². The van der Waals surface area contributed by atoms with Crippen molar-refractivity contribution < 1.29 is 9.21 Å². The summed E-state index contributed by atoms with van der Waals surface area (Å²) in [6, 6.07) is 2.07. The number of aromatic amines is 1. The zero-order chi connectivity index (χ0) is 15.4. The molecule has 1 aliphatic heterocycles. The highest BCUT2D eigenvalue weighted by Gasteiger charge is 2.30. The van der Waals surface area contributed by atoms with E-state index in [1.807, 2.05) is 17.2 Å². The van der Waals surface area contributed by atoms with Crippen molar-refractivity contribution in [3.8, 4) is 0 Å². The molecule has 1 amide bonds. The van der Waals surface area contributed by atoms with Crippen molar-refractivity contribution in [3.63, 3.8) is 0 Å². The quantitative estimate of drug-likeness (QED) is 0.915. The number of hydrogen-bond donors (Lipinski definition) is 1. The first-order valence-electron chi connectivity index (χ1n) is 7.80. The van der Waals surface area contributed by atoms with Gasteiger partial charge in [-0.1, -0.05) is 6.92 Å². The maximum absolute atomic E-state index is 12.4. The molecule has 0 aliphatic carbocycles. The van der Waals surface area contributed by atoms with Crippen molar-refractivity contribution in [2.75, 3.05) is 26.2 Å². The summed E-state index contributed by atoms with van der Waals surface area (Å²) in [6.07, 6.45) is 8.21. The SMILES string of the molecule is CCN1CCN(C(=O)CCc2ccoc2)CC1c1ncc[nH]1. The first-order chi connectivity index (χ1) is 10.8. The molecule has 2 aromatic heterocycles. The minimum Gasteiger partial charge on any atom is -0.472 e. The predicted molar refractivity (Wildman–Crippen MR) is 82.2 cm³/mol. The van der Waals surface area contributed by atoms with Crippen molar-refractivity contribution in [3.05, 3.63) is 42.4 Å². The molecule has 0 bridgehead atoms. The highest BCUT2D eigenvalue weighted by Crippen LogP contribution is 2.23. The number of aromatic nitrogens is 2. The van der Waals surface area contributed by atoms with Crippen LogP contribution in [0.3, 0.4) is 0 Å². The van der Waals surface area contributed by atoms with E-state index in [1.54, 1.807) is 18.7 Å². The first-order valence-corrected chi connectivity index (χ1v) is 7.80. The van der Waals surface area contributed by atoms with Gasteiger partial charge in [-0.15, -0.1) is 0 Å². The minimum absolute atomic E-state index is 0.159. The average molecular weight is 302 g/mol. The molecule has 0 radical (unpaired) electrons. The third kappa shape index (κ3) is 3.22. The number of amides is 1. The fourth-order valence-electron chi connectivity index (χ4n) is 2.99. The summed E-state index contributed by atoms with van der Waals surface area (Å²) in [6.45, 7) is 5.48. The van der Waals surface area contributed by atoms with Crippen molar-refractivity contribution in [2.45, 2.75) is 25.8 Å². The molecule has 1 unspecified atom stereocenters. The summed E-state index contributed by atoms with van der Waals surface area (Å²) >= 11 is 0. The molecule has 0 saturated carbocycles. The molecule has 1 saturated heterocycles. The Morgan fingerprint density at radius 2 is 2.41 bits per heavy atom. The maximum atomic E-state index is 12.4. The Hall–Kier alpha value is -2.08. The van der Waals surface area contributed by atoms with Gasteiger partial charge >= 0.3 is 0 Å². The third-order valence-electron chi connectivity index (χ3n) is 4.29. The Morgan fingerprint density at radius 1 is 1.50 bits per heavy atom. The molecule has 1 N–H and O–H groups in total. The Kier molecular flexibility index (Phi) is 4.58. The first kappa shape index (κ1) is 14.8. The lowest BCUT2D eigenvalue weighted by Gasteiger charge is -2.40. The second kappa shape index (κ2) is 6.79. The lowest BCUT2D eigenvalue weighted by molar-refractivity contribution is -0.134. The predicted octanol–water partition coefficient (Wildman–Crippen LogP) is 1.84. The van der Waals surface area contributed by atoms with Crippen LogP contribution in [0.5, 0.6) is 0 Å². The lowest BCUT2D eigenvalue weighted by Crippen LogP contribution is -2.50. The van der Waals surface area contributed by atoms with Crippen LogP contribution in [0.2, 0.25) is 0 Å². The van der Waals surface area contributed by atoms with E-state index in [2.05, 4.69) is 21.8 Å². The fraction of sp³-hybridized carbons (Fsp3) is 0.500. The normalized spacial score (nSPS) is 19.5. The molecular weight excluding hydrogens is 280 g/mol. The number of furan rings is 1. The van der Waals surface area contributed by atoms with E-state index in [4.69, 9.17) is 4.42 Å². The highest BCUT2D eigenvalue weighted by atomic mass is 16.3. The maximum Gasteiger partial charge on any atom is 0.223 e. The summed E-state index contributed by atoms with van der Waals surface area (Å²) in [7, 11) is 0. The van der Waals surface area contributed by atoms with Crippen molar-refractivity contribution in [2.24, 2.45) is 0 Å². The molecule has 6 heteroatoms. The van der Waals surface area contributed by atoms with Crippen LogP contribution in [0.15, 0.2) is 35.4 Å². The largest absolute Gasteiger partial charge is 0.472 e. The lowest BCUT2D eigenvalue weighted by atomic mass is 10.1. The van der Waals surface area contributed by atoms with Gasteiger partial charge in [-0.2, -0.15) is 0 Å². The van der Waals surface area contributed by atoms with E-state index in [0.717, 1.165) is 37.4 Å². The van der Waals surface area contributed by atoms with Gasteiger partial charge in [-0.3, -0.25) is 9.69 Å². The zero-order valence-electron chi connectivity index (χ0n) is 12.9. The highest BCUT2D eigenvalue weighted by molar-refractivity contribution is 5.76. The number of imidazole rings is 1. The van der Waals surface area contributed by atoms with E-state index in [9.17, 15) is 4.79 Å². The van der Waals surface area contributed by atoms with E-state index < -0.39 is 0 Å². The molecule has 1 fully saturated rings. The number of likely N-dealkylation sites (N-methyl/N-ethyl adjacent to an activating group) is 1. The number of hydrogen-bond acceptors (Lipinski definition) is 4. The molecule has 0 aromatic carbocycles. The number of nitrogens with zero attached hydrogens (tertiary/aromatic N) is 3. The van der Waals surface area contributed by atoms with E-state index in [-0.39, 0.29) is 11.9 Å². The number of piperazine rings is 1. The molecule has 118 valence electrons. The van der Waals surface area contributed by atoms with Gasteiger partial charge in [0.15, 0.2) is 0 Å². The van der Waals surface area contributed by atoms with Crippen LogP contribution < -0.4 is 0 Å². The van der Waals surface area contributed by atoms with E-state index >= 15 is 0 Å². The number of rotatable bonds is 5. The second-order valence-electron chi connectivity index (χ2n) is 5.59. The number of aryl methyl sites for hydroxylation is 1. The molecule has 1 atom stereocenters. The Balaban J connectivity index is 1.61. The molecule has 3 heterocycles. The molecule has 1 aliphatic rings. The number of carbonyl (C=O) groups excluding carboxylic acids is 1. The summed E-state index contributed by atoms with van der Waals surface area (Å²) in [5.74, 6) is 1.14. The summed E-state index contributed by atoms with van der Waals surface area (Å²) < 4.78 is 5.04. The molecular formula is C16H22N4O2. The van der Waals surface area contributed by atoms with Crippen LogP contribution in [0.4, 0.5) is 0 Å². The molecule has 0 spiro atoms. The molecule has 3 rings (SSSR count). The van der Waals surface area contributed by atoms with Gasteiger partial charge < -0.3 is 14.3 Å². The van der Waals surface area contributed by atoms with Gasteiger partial charge in [0, 0.05) is 38.4 Å². The second-order valence-corrected chi connectivity index (χ2v) is 5.59. The van der Waals surface area contributed by atoms with Crippen molar-refractivity contribution in [1.29, 1.82) is 0 Å². The van der Waals surface area contributed by atoms with Crippen LogP contribution in [0.25, 0.3) is 0 Å². The van der Waals surface area contributed by atoms with Gasteiger partial charge in [-0.05, 0) is 24.6 Å². The topological polar surface area (TPSA) is 65.4 Å². The third-order valence-corrected chi connectivity index (χ3v) is 4.29.